The lowest BCUT2D eigenvalue weighted by molar-refractivity contribution is -0.144. The highest BCUT2D eigenvalue weighted by molar-refractivity contribution is 5.84. The first-order chi connectivity index (χ1) is 14.1. The first kappa shape index (κ1) is 17.4. The second-order valence-electron chi connectivity index (χ2n) is 6.84. The first-order valence-electron chi connectivity index (χ1n) is 9.41. The molecule has 4 aromatic heterocycles. The molecule has 146 valence electrons. The smallest absolute Gasteiger partial charge is 0.330 e. The van der Waals surface area contributed by atoms with E-state index >= 15 is 0 Å². The number of ether oxygens (including phenoxy) is 1. The summed E-state index contributed by atoms with van der Waals surface area (Å²) in [5.41, 5.74) is 4.97. The predicted molar refractivity (Wildman–Crippen MR) is 106 cm³/mol. The van der Waals surface area contributed by atoms with E-state index in [2.05, 4.69) is 20.4 Å². The minimum atomic E-state index is -0.467. The van der Waals surface area contributed by atoms with E-state index in [0.29, 0.717) is 19.1 Å². The van der Waals surface area contributed by atoms with Crippen LogP contribution in [0.15, 0.2) is 42.9 Å². The summed E-state index contributed by atoms with van der Waals surface area (Å²) in [5, 5.41) is 7.42. The Morgan fingerprint density at radius 1 is 1.28 bits per heavy atom. The molecule has 1 aliphatic rings. The van der Waals surface area contributed by atoms with Crippen molar-refractivity contribution in [1.29, 1.82) is 0 Å². The Hall–Kier alpha value is -3.75. The minimum Gasteiger partial charge on any atom is -0.464 e. The van der Waals surface area contributed by atoms with E-state index in [1.807, 2.05) is 48.0 Å². The minimum absolute atomic E-state index is 0.286. The lowest BCUT2D eigenvalue weighted by Gasteiger charge is -2.11. The summed E-state index contributed by atoms with van der Waals surface area (Å²) in [7, 11) is 0. The van der Waals surface area contributed by atoms with Gasteiger partial charge in [0.2, 0.25) is 5.95 Å². The van der Waals surface area contributed by atoms with Gasteiger partial charge in [-0.15, -0.1) is 0 Å². The molecule has 0 aromatic carbocycles. The highest BCUT2D eigenvalue weighted by atomic mass is 16.5. The maximum Gasteiger partial charge on any atom is 0.330 e. The molecule has 9 nitrogen and oxygen atoms in total. The van der Waals surface area contributed by atoms with E-state index in [4.69, 9.17) is 9.72 Å². The Labute approximate surface area is 166 Å². The molecule has 0 saturated carbocycles. The van der Waals surface area contributed by atoms with Crippen molar-refractivity contribution in [3.05, 3.63) is 48.5 Å². The van der Waals surface area contributed by atoms with E-state index < -0.39 is 6.04 Å². The van der Waals surface area contributed by atoms with Gasteiger partial charge in [0.1, 0.15) is 18.1 Å². The molecular formula is C20H19N7O2. The van der Waals surface area contributed by atoms with Gasteiger partial charge in [-0.05, 0) is 38.1 Å². The van der Waals surface area contributed by atoms with Crippen LogP contribution < -0.4 is 5.32 Å². The average molecular weight is 389 g/mol. The van der Waals surface area contributed by atoms with Crippen molar-refractivity contribution < 1.29 is 9.53 Å². The Morgan fingerprint density at radius 3 is 3.00 bits per heavy atom. The van der Waals surface area contributed by atoms with Gasteiger partial charge in [0.05, 0.1) is 24.5 Å². The number of aromatic nitrogens is 6. The van der Waals surface area contributed by atoms with Gasteiger partial charge >= 0.3 is 5.97 Å². The van der Waals surface area contributed by atoms with Gasteiger partial charge in [0.25, 0.3) is 0 Å². The molecule has 9 heteroatoms. The van der Waals surface area contributed by atoms with Crippen LogP contribution in [0.4, 0.5) is 5.95 Å². The van der Waals surface area contributed by atoms with Gasteiger partial charge in [-0.1, -0.05) is 6.07 Å². The quantitative estimate of drug-likeness (QED) is 0.535. The second-order valence-corrected chi connectivity index (χ2v) is 6.84. The Morgan fingerprint density at radius 2 is 2.17 bits per heavy atom. The number of carbonyl (C=O) groups excluding carboxylic acids is 1. The molecule has 1 aliphatic heterocycles. The molecular weight excluding hydrogens is 370 g/mol. The summed E-state index contributed by atoms with van der Waals surface area (Å²) in [5.74, 6) is 0.334. The number of imidazole rings is 1. The Bertz CT molecular complexity index is 1230. The summed E-state index contributed by atoms with van der Waals surface area (Å²) >= 11 is 0. The van der Waals surface area contributed by atoms with Crippen molar-refractivity contribution in [3.8, 4) is 22.6 Å². The fraction of sp³-hybridized carbons (Fsp3) is 0.250. The number of rotatable bonds is 4. The third-order valence-electron chi connectivity index (χ3n) is 4.89. The van der Waals surface area contributed by atoms with Crippen LogP contribution >= 0.6 is 0 Å². The van der Waals surface area contributed by atoms with Crippen molar-refractivity contribution in [2.75, 3.05) is 11.9 Å². The molecule has 5 rings (SSSR count). The molecule has 4 aromatic rings. The molecule has 0 fully saturated rings. The molecule has 0 spiro atoms. The van der Waals surface area contributed by atoms with Crippen molar-refractivity contribution in [1.82, 2.24) is 29.1 Å². The lowest BCUT2D eigenvalue weighted by Crippen LogP contribution is -2.30. The highest BCUT2D eigenvalue weighted by Gasteiger charge is 2.33. The van der Waals surface area contributed by atoms with Gasteiger partial charge in [-0.3, -0.25) is 4.98 Å². The molecule has 1 atom stereocenters. The number of carbonyl (C=O) groups is 1. The summed E-state index contributed by atoms with van der Waals surface area (Å²) in [6.45, 7) is 4.51. The number of nitrogens with zero attached hydrogens (tertiary/aromatic N) is 6. The SMILES string of the molecule is CCOC(=O)C1Cn2c(nc(-c3cccc(C)n3)c2-c2ccc3ncnn3c2)N1. The molecule has 0 amide bonds. The number of pyridine rings is 2. The molecule has 1 unspecified atom stereocenters. The number of anilines is 1. The van der Waals surface area contributed by atoms with E-state index in [1.165, 1.54) is 6.33 Å². The summed E-state index contributed by atoms with van der Waals surface area (Å²) in [4.78, 5) is 25.9. The summed E-state index contributed by atoms with van der Waals surface area (Å²) in [6.07, 6.45) is 3.42. The summed E-state index contributed by atoms with van der Waals surface area (Å²) in [6, 6.07) is 9.26. The second kappa shape index (κ2) is 6.69. The molecule has 5 heterocycles. The zero-order valence-corrected chi connectivity index (χ0v) is 16.0. The normalized spacial score (nSPS) is 15.3. The number of nitrogens with one attached hydrogen (secondary N) is 1. The van der Waals surface area contributed by atoms with E-state index in [0.717, 1.165) is 34.0 Å². The average Bonchev–Trinajstić information content (AvgIpc) is 3.41. The third kappa shape index (κ3) is 2.91. The van der Waals surface area contributed by atoms with Crippen LogP contribution in [0.2, 0.25) is 0 Å². The first-order valence-corrected chi connectivity index (χ1v) is 9.41. The monoisotopic (exact) mass is 389 g/mol. The van der Waals surface area contributed by atoms with E-state index in [9.17, 15) is 4.79 Å². The Balaban J connectivity index is 1.66. The zero-order chi connectivity index (χ0) is 20.0. The summed E-state index contributed by atoms with van der Waals surface area (Å²) < 4.78 is 8.89. The van der Waals surface area contributed by atoms with E-state index in [-0.39, 0.29) is 5.97 Å². The largest absolute Gasteiger partial charge is 0.464 e. The fourth-order valence-electron chi connectivity index (χ4n) is 3.60. The molecule has 0 bridgehead atoms. The topological polar surface area (TPSA) is 99.2 Å². The third-order valence-corrected chi connectivity index (χ3v) is 4.89. The lowest BCUT2D eigenvalue weighted by atomic mass is 10.1. The maximum absolute atomic E-state index is 12.2. The van der Waals surface area contributed by atoms with Gasteiger partial charge in [0, 0.05) is 17.5 Å². The van der Waals surface area contributed by atoms with E-state index in [1.54, 1.807) is 11.4 Å². The number of hydrogen-bond donors (Lipinski definition) is 1. The molecule has 0 radical (unpaired) electrons. The van der Waals surface area contributed by atoms with Crippen LogP contribution in [0, 0.1) is 6.92 Å². The molecule has 29 heavy (non-hydrogen) atoms. The standard InChI is InChI=1S/C20H19N7O2/c1-3-29-19(28)15-10-26-18(13-7-8-16-21-11-22-27(16)9-13)17(25-20(26)24-15)14-6-4-5-12(2)23-14/h4-9,11,15H,3,10H2,1-2H3,(H,24,25). The van der Waals surface area contributed by atoms with Gasteiger partial charge in [0.15, 0.2) is 5.65 Å². The van der Waals surface area contributed by atoms with Crippen molar-refractivity contribution in [2.24, 2.45) is 0 Å². The van der Waals surface area contributed by atoms with Crippen LogP contribution in [0.5, 0.6) is 0 Å². The maximum atomic E-state index is 12.2. The van der Waals surface area contributed by atoms with Crippen molar-refractivity contribution in [2.45, 2.75) is 26.4 Å². The molecule has 1 N–H and O–H groups in total. The molecule has 0 saturated heterocycles. The van der Waals surface area contributed by atoms with Gasteiger partial charge in [-0.25, -0.2) is 19.3 Å². The Kier molecular flexibility index (Phi) is 4.01. The van der Waals surface area contributed by atoms with Gasteiger partial charge in [-0.2, -0.15) is 5.10 Å². The van der Waals surface area contributed by atoms with Gasteiger partial charge < -0.3 is 14.6 Å². The van der Waals surface area contributed by atoms with Crippen LogP contribution in [0.25, 0.3) is 28.3 Å². The number of esters is 1. The number of fused-ring (bicyclic) bond motifs is 2. The van der Waals surface area contributed by atoms with Crippen LogP contribution in [-0.4, -0.2) is 47.8 Å². The number of aryl methyl sites for hydroxylation is 1. The number of hydrogen-bond acceptors (Lipinski definition) is 7. The molecule has 0 aliphatic carbocycles. The van der Waals surface area contributed by atoms with Crippen LogP contribution in [0.1, 0.15) is 12.6 Å². The van der Waals surface area contributed by atoms with Crippen LogP contribution in [0.3, 0.4) is 0 Å². The van der Waals surface area contributed by atoms with Crippen molar-refractivity contribution >= 4 is 17.6 Å². The zero-order valence-electron chi connectivity index (χ0n) is 16.0. The van der Waals surface area contributed by atoms with Crippen LogP contribution in [-0.2, 0) is 16.1 Å². The van der Waals surface area contributed by atoms with Crippen molar-refractivity contribution in [3.63, 3.8) is 0 Å². The highest BCUT2D eigenvalue weighted by Crippen LogP contribution is 2.36. The predicted octanol–water partition coefficient (Wildman–Crippen LogP) is 2.32. The fourth-order valence-corrected chi connectivity index (χ4v) is 3.60.